The number of hydrogen-bond acceptors (Lipinski definition) is 3. The monoisotopic (exact) mass is 247 g/mol. The van der Waals surface area contributed by atoms with E-state index in [2.05, 4.69) is 10.3 Å². The molecule has 1 atom stereocenters. The molecule has 0 aromatic carbocycles. The second kappa shape index (κ2) is 5.96. The number of amides is 1. The summed E-state index contributed by atoms with van der Waals surface area (Å²) in [6.45, 7) is 2.00. The van der Waals surface area contributed by atoms with Gasteiger partial charge in [-0.05, 0) is 50.3 Å². The molecule has 1 aromatic heterocycles. The highest BCUT2D eigenvalue weighted by molar-refractivity contribution is 5.79. The first-order valence-electron chi connectivity index (χ1n) is 6.62. The molecule has 1 aromatic rings. The molecule has 1 unspecified atom stereocenters. The van der Waals surface area contributed by atoms with E-state index >= 15 is 0 Å². The molecule has 18 heavy (non-hydrogen) atoms. The molecule has 4 heteroatoms. The lowest BCUT2D eigenvalue weighted by Crippen LogP contribution is -2.37. The first-order valence-corrected chi connectivity index (χ1v) is 6.62. The Morgan fingerprint density at radius 1 is 1.33 bits per heavy atom. The van der Waals surface area contributed by atoms with Gasteiger partial charge in [-0.15, -0.1) is 0 Å². The second-order valence-corrected chi connectivity index (χ2v) is 5.12. The second-order valence-electron chi connectivity index (χ2n) is 5.12. The minimum Gasteiger partial charge on any atom is -0.349 e. The van der Waals surface area contributed by atoms with Crippen LogP contribution < -0.4 is 11.1 Å². The van der Waals surface area contributed by atoms with Crippen molar-refractivity contribution in [3.05, 3.63) is 30.1 Å². The van der Waals surface area contributed by atoms with E-state index in [0.29, 0.717) is 0 Å². The summed E-state index contributed by atoms with van der Waals surface area (Å²) < 4.78 is 0. The van der Waals surface area contributed by atoms with Gasteiger partial charge in [0.25, 0.3) is 0 Å². The summed E-state index contributed by atoms with van der Waals surface area (Å²) in [5.41, 5.74) is 6.94. The predicted octanol–water partition coefficient (Wildman–Crippen LogP) is 1.78. The van der Waals surface area contributed by atoms with Gasteiger partial charge in [0.2, 0.25) is 5.91 Å². The maximum Gasteiger partial charge on any atom is 0.223 e. The van der Waals surface area contributed by atoms with Gasteiger partial charge in [-0.2, -0.15) is 0 Å². The third kappa shape index (κ3) is 3.29. The van der Waals surface area contributed by atoms with Crippen molar-refractivity contribution in [3.63, 3.8) is 0 Å². The average Bonchev–Trinajstić information content (AvgIpc) is 2.40. The maximum absolute atomic E-state index is 12.1. The highest BCUT2D eigenvalue weighted by atomic mass is 16.1. The minimum absolute atomic E-state index is 0.0381. The molecule has 3 N–H and O–H groups in total. The van der Waals surface area contributed by atoms with Crippen LogP contribution in [0.25, 0.3) is 0 Å². The third-order valence-corrected chi connectivity index (χ3v) is 3.71. The van der Waals surface area contributed by atoms with Gasteiger partial charge in [0.15, 0.2) is 0 Å². The molecule has 1 amide bonds. The Morgan fingerprint density at radius 3 is 2.56 bits per heavy atom. The standard InChI is InChI=1S/C14H21N3O/c1-10(11-6-8-16-9-7-11)17-14(18)12-2-4-13(15)5-3-12/h6-10,12-13H,2-5,15H2,1H3,(H,17,18). The molecule has 1 heterocycles. The topological polar surface area (TPSA) is 68.0 Å². The molecule has 1 fully saturated rings. The predicted molar refractivity (Wildman–Crippen MR) is 70.7 cm³/mol. The highest BCUT2D eigenvalue weighted by Gasteiger charge is 2.25. The number of carbonyl (C=O) groups is 1. The van der Waals surface area contributed by atoms with E-state index in [4.69, 9.17) is 5.73 Å². The summed E-state index contributed by atoms with van der Waals surface area (Å²) in [4.78, 5) is 16.1. The van der Waals surface area contributed by atoms with Crippen LogP contribution in [0.5, 0.6) is 0 Å². The minimum atomic E-state index is 0.0381. The number of pyridine rings is 1. The number of nitrogens with two attached hydrogens (primary N) is 1. The van der Waals surface area contributed by atoms with E-state index in [1.54, 1.807) is 12.4 Å². The number of rotatable bonds is 3. The van der Waals surface area contributed by atoms with E-state index in [-0.39, 0.29) is 23.9 Å². The first kappa shape index (κ1) is 13.0. The zero-order valence-electron chi connectivity index (χ0n) is 10.8. The van der Waals surface area contributed by atoms with E-state index in [0.717, 1.165) is 31.2 Å². The lowest BCUT2D eigenvalue weighted by molar-refractivity contribution is -0.126. The van der Waals surface area contributed by atoms with Crippen molar-refractivity contribution in [2.75, 3.05) is 0 Å². The summed E-state index contributed by atoms with van der Waals surface area (Å²) in [6.07, 6.45) is 7.24. The van der Waals surface area contributed by atoms with Crippen LogP contribution in [-0.2, 0) is 4.79 Å². The van der Waals surface area contributed by atoms with Crippen molar-refractivity contribution >= 4 is 5.91 Å². The van der Waals surface area contributed by atoms with E-state index in [9.17, 15) is 4.79 Å². The van der Waals surface area contributed by atoms with Gasteiger partial charge in [0, 0.05) is 24.4 Å². The van der Waals surface area contributed by atoms with Crippen LogP contribution in [0.1, 0.15) is 44.2 Å². The lowest BCUT2D eigenvalue weighted by atomic mass is 9.85. The van der Waals surface area contributed by atoms with E-state index in [1.165, 1.54) is 0 Å². The molecule has 2 rings (SSSR count). The molecular formula is C14H21N3O. The molecule has 1 aliphatic rings. The fourth-order valence-corrected chi connectivity index (χ4v) is 2.45. The third-order valence-electron chi connectivity index (χ3n) is 3.71. The molecule has 1 aliphatic carbocycles. The van der Waals surface area contributed by atoms with Gasteiger partial charge in [-0.3, -0.25) is 9.78 Å². The zero-order chi connectivity index (χ0) is 13.0. The van der Waals surface area contributed by atoms with Crippen molar-refractivity contribution in [2.45, 2.75) is 44.7 Å². The molecule has 0 saturated heterocycles. The molecule has 98 valence electrons. The van der Waals surface area contributed by atoms with Gasteiger partial charge in [-0.25, -0.2) is 0 Å². The van der Waals surface area contributed by atoms with Crippen molar-refractivity contribution in [1.82, 2.24) is 10.3 Å². The zero-order valence-corrected chi connectivity index (χ0v) is 10.8. The van der Waals surface area contributed by atoms with Crippen LogP contribution in [0.15, 0.2) is 24.5 Å². The van der Waals surface area contributed by atoms with Gasteiger partial charge in [0.05, 0.1) is 6.04 Å². The average molecular weight is 247 g/mol. The number of hydrogen-bond donors (Lipinski definition) is 2. The molecule has 0 radical (unpaired) electrons. The van der Waals surface area contributed by atoms with Gasteiger partial charge < -0.3 is 11.1 Å². The fourth-order valence-electron chi connectivity index (χ4n) is 2.45. The smallest absolute Gasteiger partial charge is 0.223 e. The summed E-state index contributed by atoms with van der Waals surface area (Å²) in [6, 6.07) is 4.19. The Morgan fingerprint density at radius 2 is 1.94 bits per heavy atom. The summed E-state index contributed by atoms with van der Waals surface area (Å²) in [5, 5.41) is 3.07. The Bertz CT molecular complexity index is 385. The lowest BCUT2D eigenvalue weighted by Gasteiger charge is -2.26. The molecule has 0 aliphatic heterocycles. The Balaban J connectivity index is 1.87. The molecule has 0 spiro atoms. The molecular weight excluding hydrogens is 226 g/mol. The van der Waals surface area contributed by atoms with Crippen molar-refractivity contribution < 1.29 is 4.79 Å². The SMILES string of the molecule is CC(NC(=O)C1CCC(N)CC1)c1ccncc1. The normalized spacial score (nSPS) is 25.4. The quantitative estimate of drug-likeness (QED) is 0.855. The Hall–Kier alpha value is -1.42. The Labute approximate surface area is 108 Å². The maximum atomic E-state index is 12.1. The summed E-state index contributed by atoms with van der Waals surface area (Å²) in [5.74, 6) is 0.292. The van der Waals surface area contributed by atoms with E-state index in [1.807, 2.05) is 19.1 Å². The van der Waals surface area contributed by atoms with Gasteiger partial charge >= 0.3 is 0 Å². The van der Waals surface area contributed by atoms with Crippen LogP contribution in [0.2, 0.25) is 0 Å². The Kier molecular flexibility index (Phi) is 4.31. The molecule has 0 bridgehead atoms. The van der Waals surface area contributed by atoms with Crippen LogP contribution in [0.3, 0.4) is 0 Å². The highest BCUT2D eigenvalue weighted by Crippen LogP contribution is 2.24. The van der Waals surface area contributed by atoms with Crippen LogP contribution in [0, 0.1) is 5.92 Å². The van der Waals surface area contributed by atoms with Crippen LogP contribution in [0.4, 0.5) is 0 Å². The van der Waals surface area contributed by atoms with Gasteiger partial charge in [-0.1, -0.05) is 0 Å². The van der Waals surface area contributed by atoms with Crippen molar-refractivity contribution in [2.24, 2.45) is 11.7 Å². The van der Waals surface area contributed by atoms with Gasteiger partial charge in [0.1, 0.15) is 0 Å². The number of carbonyl (C=O) groups excluding carboxylic acids is 1. The number of aromatic nitrogens is 1. The largest absolute Gasteiger partial charge is 0.349 e. The summed E-state index contributed by atoms with van der Waals surface area (Å²) >= 11 is 0. The van der Waals surface area contributed by atoms with Crippen molar-refractivity contribution in [1.29, 1.82) is 0 Å². The first-order chi connectivity index (χ1) is 8.66. The number of nitrogens with zero attached hydrogens (tertiary/aromatic N) is 1. The molecule has 1 saturated carbocycles. The molecule has 4 nitrogen and oxygen atoms in total. The van der Waals surface area contributed by atoms with Crippen LogP contribution >= 0.6 is 0 Å². The van der Waals surface area contributed by atoms with E-state index < -0.39 is 0 Å². The fraction of sp³-hybridized carbons (Fsp3) is 0.571. The summed E-state index contributed by atoms with van der Waals surface area (Å²) in [7, 11) is 0. The van der Waals surface area contributed by atoms with Crippen LogP contribution in [-0.4, -0.2) is 16.9 Å². The number of nitrogens with one attached hydrogen (secondary N) is 1. The van der Waals surface area contributed by atoms with Crippen molar-refractivity contribution in [3.8, 4) is 0 Å².